The van der Waals surface area contributed by atoms with Crippen molar-refractivity contribution >= 4 is 28.9 Å². The monoisotopic (exact) mass is 442 g/mol. The number of carbonyl (C=O) groups is 1. The van der Waals surface area contributed by atoms with Gasteiger partial charge < -0.3 is 14.8 Å². The number of amides is 1. The predicted octanol–water partition coefficient (Wildman–Crippen LogP) is 6.20. The van der Waals surface area contributed by atoms with Gasteiger partial charge in [-0.25, -0.2) is 0 Å². The number of rotatable bonds is 12. The average Bonchev–Trinajstić information content (AvgIpc) is 2.75. The summed E-state index contributed by atoms with van der Waals surface area (Å²) in [6.07, 6.45) is 5.71. The maximum Gasteiger partial charge on any atom is 0.257 e. The molecule has 0 aliphatic carbocycles. The maximum absolute atomic E-state index is 12.4. The predicted molar refractivity (Wildman–Crippen MR) is 131 cm³/mol. The van der Waals surface area contributed by atoms with Crippen LogP contribution in [0.15, 0.2) is 48.5 Å². The Bertz CT molecular complexity index is 805. The van der Waals surface area contributed by atoms with Crippen LogP contribution in [0.5, 0.6) is 11.5 Å². The highest BCUT2D eigenvalue weighted by Crippen LogP contribution is 2.17. The number of thiocarbonyl (C=S) groups is 1. The quantitative estimate of drug-likeness (QED) is 0.303. The van der Waals surface area contributed by atoms with Crippen molar-refractivity contribution in [2.45, 2.75) is 52.9 Å². The Balaban J connectivity index is 1.75. The lowest BCUT2D eigenvalue weighted by molar-refractivity contribution is 0.0977. The highest BCUT2D eigenvalue weighted by molar-refractivity contribution is 7.80. The van der Waals surface area contributed by atoms with Gasteiger partial charge in [-0.15, -0.1) is 0 Å². The van der Waals surface area contributed by atoms with Gasteiger partial charge in [0, 0.05) is 11.3 Å². The Hall–Kier alpha value is -2.60. The van der Waals surface area contributed by atoms with Crippen LogP contribution >= 0.6 is 12.2 Å². The number of hydrogen-bond donors (Lipinski definition) is 2. The molecule has 2 aromatic carbocycles. The van der Waals surface area contributed by atoms with Crippen LogP contribution < -0.4 is 20.1 Å². The van der Waals surface area contributed by atoms with E-state index in [2.05, 4.69) is 31.4 Å². The summed E-state index contributed by atoms with van der Waals surface area (Å²) >= 11 is 5.26. The molecule has 0 radical (unpaired) electrons. The van der Waals surface area contributed by atoms with E-state index in [9.17, 15) is 4.79 Å². The molecule has 2 N–H and O–H groups in total. The van der Waals surface area contributed by atoms with Gasteiger partial charge in [0.25, 0.3) is 5.91 Å². The maximum atomic E-state index is 12.4. The lowest BCUT2D eigenvalue weighted by atomic mass is 10.1. The molecule has 5 nitrogen and oxygen atoms in total. The lowest BCUT2D eigenvalue weighted by Gasteiger charge is -2.11. The van der Waals surface area contributed by atoms with E-state index in [-0.39, 0.29) is 11.0 Å². The first kappa shape index (κ1) is 24.7. The highest BCUT2D eigenvalue weighted by atomic mass is 32.1. The minimum Gasteiger partial charge on any atom is -0.494 e. The second-order valence-electron chi connectivity index (χ2n) is 7.90. The van der Waals surface area contributed by atoms with E-state index < -0.39 is 0 Å². The zero-order valence-electron chi connectivity index (χ0n) is 18.8. The van der Waals surface area contributed by atoms with Crippen LogP contribution in [-0.2, 0) is 0 Å². The van der Waals surface area contributed by atoms with Gasteiger partial charge in [0.2, 0.25) is 0 Å². The van der Waals surface area contributed by atoms with E-state index in [0.717, 1.165) is 36.6 Å². The third-order valence-electron chi connectivity index (χ3n) is 4.69. The molecular formula is C25H34N2O3S. The summed E-state index contributed by atoms with van der Waals surface area (Å²) in [4.78, 5) is 12.4. The van der Waals surface area contributed by atoms with E-state index in [1.807, 2.05) is 24.3 Å². The zero-order chi connectivity index (χ0) is 22.5. The largest absolute Gasteiger partial charge is 0.494 e. The molecular weight excluding hydrogens is 408 g/mol. The Kier molecular flexibility index (Phi) is 10.9. The van der Waals surface area contributed by atoms with Crippen LogP contribution in [0, 0.1) is 5.92 Å². The molecule has 2 aromatic rings. The summed E-state index contributed by atoms with van der Waals surface area (Å²) in [7, 11) is 0. The summed E-state index contributed by atoms with van der Waals surface area (Å²) in [5.41, 5.74) is 1.31. The van der Waals surface area contributed by atoms with Gasteiger partial charge in [0.15, 0.2) is 5.11 Å². The van der Waals surface area contributed by atoms with Crippen molar-refractivity contribution in [3.05, 3.63) is 54.1 Å². The van der Waals surface area contributed by atoms with Gasteiger partial charge in [0.05, 0.1) is 13.2 Å². The number of ether oxygens (including phenoxy) is 2. The number of anilines is 1. The van der Waals surface area contributed by atoms with E-state index in [1.165, 1.54) is 19.3 Å². The average molecular weight is 443 g/mol. The fourth-order valence-electron chi connectivity index (χ4n) is 2.81. The Labute approximate surface area is 191 Å². The minimum atomic E-state index is -0.265. The van der Waals surface area contributed by atoms with Gasteiger partial charge in [0.1, 0.15) is 11.5 Å². The van der Waals surface area contributed by atoms with Crippen LogP contribution in [-0.4, -0.2) is 24.2 Å². The van der Waals surface area contributed by atoms with Crippen LogP contribution in [0.3, 0.4) is 0 Å². The van der Waals surface area contributed by atoms with E-state index in [1.54, 1.807) is 24.3 Å². The Morgan fingerprint density at radius 1 is 0.903 bits per heavy atom. The second kappa shape index (κ2) is 13.7. The van der Waals surface area contributed by atoms with Gasteiger partial charge in [-0.1, -0.05) is 40.0 Å². The number of hydrogen-bond acceptors (Lipinski definition) is 4. The smallest absolute Gasteiger partial charge is 0.257 e. The molecule has 0 aliphatic heterocycles. The lowest BCUT2D eigenvalue weighted by Crippen LogP contribution is -2.34. The molecule has 0 aromatic heterocycles. The molecule has 31 heavy (non-hydrogen) atoms. The first-order valence-electron chi connectivity index (χ1n) is 11.1. The SMILES string of the molecule is CCCCCCOc1ccc(NC(=S)NC(=O)c2ccc(OCCC(C)C)cc2)cc1. The molecule has 6 heteroatoms. The Morgan fingerprint density at radius 2 is 1.52 bits per heavy atom. The van der Waals surface area contributed by atoms with E-state index in [4.69, 9.17) is 21.7 Å². The van der Waals surface area contributed by atoms with Crippen LogP contribution in [0.2, 0.25) is 0 Å². The summed E-state index contributed by atoms with van der Waals surface area (Å²) in [6, 6.07) is 14.6. The topological polar surface area (TPSA) is 59.6 Å². The Morgan fingerprint density at radius 3 is 2.13 bits per heavy atom. The first-order valence-corrected chi connectivity index (χ1v) is 11.5. The van der Waals surface area contributed by atoms with Gasteiger partial charge in [-0.3, -0.25) is 10.1 Å². The van der Waals surface area contributed by atoms with Crippen molar-refractivity contribution in [3.63, 3.8) is 0 Å². The van der Waals surface area contributed by atoms with Crippen LogP contribution in [0.25, 0.3) is 0 Å². The molecule has 2 rings (SSSR count). The molecule has 168 valence electrons. The van der Waals surface area contributed by atoms with Gasteiger partial charge in [-0.05, 0) is 79.5 Å². The number of benzene rings is 2. The van der Waals surface area contributed by atoms with Crippen LogP contribution in [0.1, 0.15) is 63.2 Å². The highest BCUT2D eigenvalue weighted by Gasteiger charge is 2.09. The van der Waals surface area contributed by atoms with Crippen molar-refractivity contribution in [2.75, 3.05) is 18.5 Å². The van der Waals surface area contributed by atoms with E-state index >= 15 is 0 Å². The van der Waals surface area contributed by atoms with Crippen molar-refractivity contribution in [1.82, 2.24) is 5.32 Å². The standard InChI is InChI=1S/C25H34N2O3S/c1-4-5-6-7-17-29-23-14-10-21(11-15-23)26-25(31)27-24(28)20-8-12-22(13-9-20)30-18-16-19(2)3/h8-15,19H,4-7,16-18H2,1-3H3,(H2,26,27,28,31). The fourth-order valence-corrected chi connectivity index (χ4v) is 3.02. The summed E-state index contributed by atoms with van der Waals surface area (Å²) in [5, 5.41) is 5.97. The van der Waals surface area contributed by atoms with Crippen molar-refractivity contribution in [2.24, 2.45) is 5.92 Å². The summed E-state index contributed by atoms with van der Waals surface area (Å²) in [6.45, 7) is 7.90. The first-order chi connectivity index (χ1) is 15.0. The normalized spacial score (nSPS) is 10.6. The molecule has 0 fully saturated rings. The molecule has 0 saturated heterocycles. The molecule has 0 saturated carbocycles. The molecule has 1 amide bonds. The third kappa shape index (κ3) is 9.83. The summed E-state index contributed by atoms with van der Waals surface area (Å²) in [5.74, 6) is 1.91. The third-order valence-corrected chi connectivity index (χ3v) is 4.89. The molecule has 0 aliphatic rings. The number of nitrogens with one attached hydrogen (secondary N) is 2. The minimum absolute atomic E-state index is 0.246. The molecule has 0 bridgehead atoms. The summed E-state index contributed by atoms with van der Waals surface area (Å²) < 4.78 is 11.4. The molecule has 0 unspecified atom stereocenters. The molecule has 0 heterocycles. The zero-order valence-corrected chi connectivity index (χ0v) is 19.6. The molecule has 0 spiro atoms. The number of unbranched alkanes of at least 4 members (excludes halogenated alkanes) is 3. The van der Waals surface area contributed by atoms with Gasteiger partial charge in [-0.2, -0.15) is 0 Å². The molecule has 0 atom stereocenters. The van der Waals surface area contributed by atoms with Crippen molar-refractivity contribution in [3.8, 4) is 11.5 Å². The van der Waals surface area contributed by atoms with Crippen molar-refractivity contribution < 1.29 is 14.3 Å². The second-order valence-corrected chi connectivity index (χ2v) is 8.31. The number of carbonyl (C=O) groups excluding carboxylic acids is 1. The van der Waals surface area contributed by atoms with Gasteiger partial charge >= 0.3 is 0 Å². The van der Waals surface area contributed by atoms with E-state index in [0.29, 0.717) is 18.1 Å². The fraction of sp³-hybridized carbons (Fsp3) is 0.440. The van der Waals surface area contributed by atoms with Crippen molar-refractivity contribution in [1.29, 1.82) is 0 Å². The van der Waals surface area contributed by atoms with Crippen LogP contribution in [0.4, 0.5) is 5.69 Å².